The molecular formula is C52H61Cl3F2N12O4. The van der Waals surface area contributed by atoms with E-state index in [2.05, 4.69) is 45.9 Å². The van der Waals surface area contributed by atoms with Crippen LogP contribution in [-0.2, 0) is 35.8 Å². The number of ketones is 2. The number of imidazole rings is 2. The number of anilines is 1. The second-order valence-corrected chi connectivity index (χ2v) is 20.8. The summed E-state index contributed by atoms with van der Waals surface area (Å²) in [5.74, 6) is -0.756. The zero-order valence-electron chi connectivity index (χ0n) is 42.2. The molecule has 6 heterocycles. The highest BCUT2D eigenvalue weighted by Crippen LogP contribution is 2.32. The van der Waals surface area contributed by atoms with Crippen LogP contribution in [0, 0.1) is 22.5 Å². The minimum absolute atomic E-state index is 0.0387. The van der Waals surface area contributed by atoms with Gasteiger partial charge in [-0.05, 0) is 90.3 Å². The van der Waals surface area contributed by atoms with E-state index in [0.29, 0.717) is 96.8 Å². The Kier molecular flexibility index (Phi) is 19.0. The van der Waals surface area contributed by atoms with Gasteiger partial charge in [0, 0.05) is 73.9 Å². The molecule has 2 aliphatic heterocycles. The fourth-order valence-corrected chi connectivity index (χ4v) is 8.86. The van der Waals surface area contributed by atoms with Gasteiger partial charge in [-0.15, -0.1) is 0 Å². The second-order valence-electron chi connectivity index (χ2n) is 19.6. The van der Waals surface area contributed by atoms with Gasteiger partial charge in [0.2, 0.25) is 11.2 Å². The predicted molar refractivity (Wildman–Crippen MR) is 278 cm³/mol. The fourth-order valence-electron chi connectivity index (χ4n) is 8.43. The normalized spacial score (nSPS) is 14.3. The Bertz CT molecular complexity index is 2910. The van der Waals surface area contributed by atoms with Gasteiger partial charge in [0.15, 0.2) is 23.0 Å². The molecule has 4 aromatic heterocycles. The summed E-state index contributed by atoms with van der Waals surface area (Å²) in [6, 6.07) is 10.9. The van der Waals surface area contributed by atoms with E-state index in [0.717, 1.165) is 13.0 Å². The van der Waals surface area contributed by atoms with E-state index in [4.69, 9.17) is 34.8 Å². The number of rotatable bonds is 11. The van der Waals surface area contributed by atoms with E-state index in [9.17, 15) is 28.0 Å². The number of nitrogens with zero attached hydrogens (tertiary/aromatic N) is 9. The van der Waals surface area contributed by atoms with Crippen molar-refractivity contribution in [3.63, 3.8) is 0 Å². The first-order chi connectivity index (χ1) is 34.6. The molecule has 0 aliphatic carbocycles. The smallest absolute Gasteiger partial charge is 0.272 e. The van der Waals surface area contributed by atoms with Crippen LogP contribution < -0.4 is 20.9 Å². The maximum absolute atomic E-state index is 15.0. The summed E-state index contributed by atoms with van der Waals surface area (Å²) in [4.78, 5) is 79.1. The number of fused-ring (bicyclic) bond motifs is 2. The minimum Gasteiger partial charge on any atom is -0.340 e. The zero-order valence-corrected chi connectivity index (χ0v) is 44.5. The summed E-state index contributed by atoms with van der Waals surface area (Å²) < 4.78 is 33.4. The molecule has 2 atom stereocenters. The molecule has 0 saturated carbocycles. The molecule has 0 fully saturated rings. The van der Waals surface area contributed by atoms with E-state index in [1.165, 1.54) is 12.1 Å². The Morgan fingerprint density at radius 1 is 0.658 bits per heavy atom. The molecule has 21 heteroatoms. The van der Waals surface area contributed by atoms with Crippen molar-refractivity contribution < 1.29 is 28.0 Å². The van der Waals surface area contributed by atoms with Gasteiger partial charge in [0.1, 0.15) is 23.3 Å². The molecule has 0 unspecified atom stereocenters. The van der Waals surface area contributed by atoms with E-state index in [1.54, 1.807) is 75.0 Å². The standard InChI is InChI=1S/C26H30ClFN6O2.C22H28ClFN4O2.C4H3ClN2/c1-5-20(35)22(26(2,3)4)32-24(36)21-19-15-33(25-29-10-6-11-30-25)12-7-13-34(19)23(31-21)17-9-8-16(27)14-18(17)28;1-5-17(29)19(22(2,3)4)27-21(30)18-16-12-25-9-6-10-28(16)20(26-18)14-8-7-13(23)11-15(14)24;5-4-6-2-1-3-7-4/h6,8-11,14,22H,5,7,12-13,15H2,1-4H3,(H,32,36);7-8,11,19,25H,5-6,9-10,12H2,1-4H3,(H,27,30);1-3H/t22-;19-;/m11./s1. The lowest BCUT2D eigenvalue weighted by molar-refractivity contribution is -0.123. The maximum atomic E-state index is 15.0. The molecule has 73 heavy (non-hydrogen) atoms. The minimum atomic E-state index is -0.692. The van der Waals surface area contributed by atoms with Crippen molar-refractivity contribution in [1.29, 1.82) is 0 Å². The molecular weight excluding hydrogens is 1000 g/mol. The van der Waals surface area contributed by atoms with Crippen molar-refractivity contribution in [2.75, 3.05) is 18.0 Å². The summed E-state index contributed by atoms with van der Waals surface area (Å²) in [5.41, 5.74) is 1.27. The summed E-state index contributed by atoms with van der Waals surface area (Å²) in [6.07, 6.45) is 8.67. The highest BCUT2D eigenvalue weighted by Gasteiger charge is 2.36. The van der Waals surface area contributed by atoms with Crippen LogP contribution >= 0.6 is 34.8 Å². The van der Waals surface area contributed by atoms with Crippen LogP contribution in [0.1, 0.15) is 113 Å². The highest BCUT2D eigenvalue weighted by atomic mass is 35.5. The Morgan fingerprint density at radius 3 is 1.55 bits per heavy atom. The van der Waals surface area contributed by atoms with Crippen LogP contribution in [0.3, 0.4) is 0 Å². The molecule has 2 aromatic carbocycles. The van der Waals surface area contributed by atoms with Crippen molar-refractivity contribution in [3.05, 3.63) is 123 Å². The number of carbonyl (C=O) groups is 4. The molecule has 2 amide bonds. The lowest BCUT2D eigenvalue weighted by Gasteiger charge is -2.30. The average Bonchev–Trinajstić information content (AvgIpc) is 3.65. The van der Waals surface area contributed by atoms with Gasteiger partial charge >= 0.3 is 0 Å². The molecule has 0 bridgehead atoms. The van der Waals surface area contributed by atoms with Gasteiger partial charge in [0.05, 0.1) is 41.1 Å². The van der Waals surface area contributed by atoms with Crippen molar-refractivity contribution in [2.45, 2.75) is 119 Å². The van der Waals surface area contributed by atoms with Crippen LogP contribution in [0.2, 0.25) is 15.3 Å². The van der Waals surface area contributed by atoms with E-state index < -0.39 is 46.4 Å². The third kappa shape index (κ3) is 14.1. The summed E-state index contributed by atoms with van der Waals surface area (Å²) >= 11 is 17.2. The molecule has 3 N–H and O–H groups in total. The average molecular weight is 1060 g/mol. The molecule has 0 saturated heterocycles. The summed E-state index contributed by atoms with van der Waals surface area (Å²) in [7, 11) is 0. The first-order valence-electron chi connectivity index (χ1n) is 24.0. The van der Waals surface area contributed by atoms with E-state index in [-0.39, 0.29) is 33.5 Å². The van der Waals surface area contributed by atoms with Gasteiger partial charge < -0.3 is 30.0 Å². The van der Waals surface area contributed by atoms with Gasteiger partial charge in [-0.3, -0.25) is 19.2 Å². The lowest BCUT2D eigenvalue weighted by atomic mass is 9.83. The largest absolute Gasteiger partial charge is 0.340 e. The number of benzene rings is 2. The third-order valence-corrected chi connectivity index (χ3v) is 12.8. The summed E-state index contributed by atoms with van der Waals surface area (Å²) in [5, 5.41) is 9.93. The first kappa shape index (κ1) is 56.1. The quantitative estimate of drug-likeness (QED) is 0.104. The van der Waals surface area contributed by atoms with Crippen LogP contribution in [0.15, 0.2) is 73.3 Å². The highest BCUT2D eigenvalue weighted by molar-refractivity contribution is 6.31. The molecule has 0 radical (unpaired) electrons. The van der Waals surface area contributed by atoms with Gasteiger partial charge in [-0.2, -0.15) is 0 Å². The molecule has 6 aromatic rings. The monoisotopic (exact) mass is 1060 g/mol. The summed E-state index contributed by atoms with van der Waals surface area (Å²) in [6.45, 7) is 18.3. The molecule has 16 nitrogen and oxygen atoms in total. The van der Waals surface area contributed by atoms with E-state index >= 15 is 0 Å². The number of amides is 2. The number of halogens is 5. The molecule has 0 spiro atoms. The van der Waals surface area contributed by atoms with Gasteiger partial charge in [-0.1, -0.05) is 78.6 Å². The molecule has 2 aliphatic rings. The Balaban J connectivity index is 0.000000212. The fraction of sp³-hybridized carbons (Fsp3) is 0.423. The maximum Gasteiger partial charge on any atom is 0.272 e. The Hall–Kier alpha value is -6.21. The lowest BCUT2D eigenvalue weighted by Crippen LogP contribution is -2.49. The SMILES string of the molecule is CCC(=O)[C@@H](NC(=O)c1nc(-c2ccc(Cl)cc2F)n2c1CN(c1ncccn1)CCC2)C(C)(C)C.CCC(=O)[C@@H](NC(=O)c1nc(-c2ccc(Cl)cc2F)n2c1CNCCC2)C(C)(C)C.Clc1ncccn1. The Morgan fingerprint density at radius 2 is 1.11 bits per heavy atom. The number of aromatic nitrogens is 8. The van der Waals surface area contributed by atoms with Crippen molar-refractivity contribution in [1.82, 2.24) is 55.0 Å². The Labute approximate surface area is 439 Å². The van der Waals surface area contributed by atoms with Gasteiger partial charge in [-0.25, -0.2) is 38.7 Å². The first-order valence-corrected chi connectivity index (χ1v) is 25.2. The second kappa shape index (κ2) is 24.7. The van der Waals surface area contributed by atoms with Crippen LogP contribution in [0.25, 0.3) is 22.8 Å². The van der Waals surface area contributed by atoms with Crippen LogP contribution in [-0.4, -0.2) is 87.6 Å². The number of hydrogen-bond donors (Lipinski definition) is 3. The van der Waals surface area contributed by atoms with Crippen molar-refractivity contribution in [2.24, 2.45) is 10.8 Å². The topological polar surface area (TPSA) is 195 Å². The number of hydrogen-bond acceptors (Lipinski definition) is 12. The number of nitrogens with one attached hydrogen (secondary N) is 3. The zero-order chi connectivity index (χ0) is 53.2. The van der Waals surface area contributed by atoms with E-state index in [1.807, 2.05) is 55.6 Å². The molecule has 388 valence electrons. The number of carbonyl (C=O) groups excluding carboxylic acids is 4. The third-order valence-electron chi connectivity index (χ3n) is 12.1. The van der Waals surface area contributed by atoms with Gasteiger partial charge in [0.25, 0.3) is 11.8 Å². The van der Waals surface area contributed by atoms with Crippen molar-refractivity contribution in [3.8, 4) is 22.8 Å². The molecule has 8 rings (SSSR count). The van der Waals surface area contributed by atoms with Crippen molar-refractivity contribution >= 4 is 64.1 Å². The van der Waals surface area contributed by atoms with Crippen LogP contribution in [0.4, 0.5) is 14.7 Å². The van der Waals surface area contributed by atoms with Crippen LogP contribution in [0.5, 0.6) is 0 Å². The predicted octanol–water partition coefficient (Wildman–Crippen LogP) is 9.76. The number of Topliss-reactive ketones (excluding diaryl/α,β-unsaturated/α-hetero) is 2.